The lowest BCUT2D eigenvalue weighted by atomic mass is 9.89. The van der Waals surface area contributed by atoms with Gasteiger partial charge in [0, 0.05) is 23.8 Å². The van der Waals surface area contributed by atoms with E-state index in [1.54, 1.807) is 23.9 Å². The topological polar surface area (TPSA) is 101 Å². The molecule has 0 amide bonds. The number of rotatable bonds is 4. The standard InChI is InChI=1S/C19H19N9S/c1-2-13-18-26-23-10-27(18)14-9-21-16(24-17(14)28(13)11-4-3-5-11)12-8-22-25-15(12)19-20-6-7-29-19/h6-11,13H,2-5H2,1H3,(H,22,25)/t13-/m1/s1. The molecule has 0 saturated heterocycles. The molecule has 4 aromatic heterocycles. The van der Waals surface area contributed by atoms with Gasteiger partial charge in [-0.1, -0.05) is 6.92 Å². The van der Waals surface area contributed by atoms with Gasteiger partial charge in [-0.2, -0.15) is 5.10 Å². The maximum Gasteiger partial charge on any atom is 0.165 e. The van der Waals surface area contributed by atoms with Crippen molar-refractivity contribution >= 4 is 17.2 Å². The van der Waals surface area contributed by atoms with Gasteiger partial charge in [-0.05, 0) is 25.7 Å². The van der Waals surface area contributed by atoms with Crippen LogP contribution in [0, 0.1) is 0 Å². The van der Waals surface area contributed by atoms with E-state index in [-0.39, 0.29) is 6.04 Å². The Morgan fingerprint density at radius 3 is 2.97 bits per heavy atom. The average molecular weight is 405 g/mol. The summed E-state index contributed by atoms with van der Waals surface area (Å²) in [7, 11) is 0. The Balaban J connectivity index is 1.52. The first-order chi connectivity index (χ1) is 14.3. The van der Waals surface area contributed by atoms with Crippen LogP contribution in [0.4, 0.5) is 5.82 Å². The Kier molecular flexibility index (Phi) is 3.73. The van der Waals surface area contributed by atoms with Crippen LogP contribution in [-0.4, -0.2) is 46.0 Å². The molecule has 29 heavy (non-hydrogen) atoms. The molecular weight excluding hydrogens is 386 g/mol. The van der Waals surface area contributed by atoms with Crippen LogP contribution in [0.1, 0.15) is 44.5 Å². The molecule has 5 heterocycles. The van der Waals surface area contributed by atoms with Crippen LogP contribution in [0.3, 0.4) is 0 Å². The predicted octanol–water partition coefficient (Wildman–Crippen LogP) is 3.39. The number of thiazole rings is 1. The molecule has 0 unspecified atom stereocenters. The molecule has 146 valence electrons. The molecule has 9 nitrogen and oxygen atoms in total. The van der Waals surface area contributed by atoms with E-state index in [0.29, 0.717) is 11.9 Å². The highest BCUT2D eigenvalue weighted by Gasteiger charge is 2.39. The van der Waals surface area contributed by atoms with Crippen LogP contribution < -0.4 is 4.90 Å². The minimum atomic E-state index is 0.167. The van der Waals surface area contributed by atoms with E-state index in [1.807, 2.05) is 22.3 Å². The Labute approximate surface area is 170 Å². The summed E-state index contributed by atoms with van der Waals surface area (Å²) < 4.78 is 2.03. The number of aromatic amines is 1. The van der Waals surface area contributed by atoms with Gasteiger partial charge in [-0.25, -0.2) is 15.0 Å². The van der Waals surface area contributed by atoms with Gasteiger partial charge < -0.3 is 4.90 Å². The van der Waals surface area contributed by atoms with Crippen LogP contribution in [0.15, 0.2) is 30.3 Å². The number of hydrogen-bond donors (Lipinski definition) is 1. The number of nitrogens with one attached hydrogen (secondary N) is 1. The van der Waals surface area contributed by atoms with E-state index in [4.69, 9.17) is 4.98 Å². The van der Waals surface area contributed by atoms with Gasteiger partial charge in [-0.15, -0.1) is 21.5 Å². The number of H-pyrrole nitrogens is 1. The predicted molar refractivity (Wildman–Crippen MR) is 109 cm³/mol. The van der Waals surface area contributed by atoms with Gasteiger partial charge in [0.2, 0.25) is 0 Å². The van der Waals surface area contributed by atoms with Crippen LogP contribution >= 0.6 is 11.3 Å². The second-order valence-electron chi connectivity index (χ2n) is 7.36. The molecule has 1 N–H and O–H groups in total. The smallest absolute Gasteiger partial charge is 0.165 e. The second-order valence-corrected chi connectivity index (χ2v) is 8.26. The van der Waals surface area contributed by atoms with E-state index in [9.17, 15) is 0 Å². The fraction of sp³-hybridized carbons (Fsp3) is 0.368. The van der Waals surface area contributed by atoms with Crippen molar-refractivity contribution in [2.75, 3.05) is 4.90 Å². The third kappa shape index (κ3) is 2.45. The summed E-state index contributed by atoms with van der Waals surface area (Å²) in [4.78, 5) is 16.6. The lowest BCUT2D eigenvalue weighted by molar-refractivity contribution is 0.342. The molecule has 0 spiro atoms. The molecule has 0 radical (unpaired) electrons. The Bertz CT molecular complexity index is 1160. The molecule has 1 aliphatic heterocycles. The zero-order valence-corrected chi connectivity index (χ0v) is 16.7. The van der Waals surface area contributed by atoms with Crippen molar-refractivity contribution in [1.29, 1.82) is 0 Å². The van der Waals surface area contributed by atoms with Crippen LogP contribution in [0.25, 0.3) is 27.8 Å². The zero-order valence-electron chi connectivity index (χ0n) is 15.9. The normalized spacial score (nSPS) is 18.4. The lowest BCUT2D eigenvalue weighted by Crippen LogP contribution is -2.46. The molecule has 1 aliphatic carbocycles. The molecule has 0 bridgehead atoms. The Morgan fingerprint density at radius 2 is 2.21 bits per heavy atom. The van der Waals surface area contributed by atoms with E-state index in [0.717, 1.165) is 40.0 Å². The summed E-state index contributed by atoms with van der Waals surface area (Å²) in [6.45, 7) is 2.19. The molecular formula is C19H19N9S. The van der Waals surface area contributed by atoms with Crippen molar-refractivity contribution in [2.45, 2.75) is 44.7 Å². The molecule has 1 saturated carbocycles. The summed E-state index contributed by atoms with van der Waals surface area (Å²) in [5, 5.41) is 18.7. The molecule has 2 aliphatic rings. The van der Waals surface area contributed by atoms with Crippen molar-refractivity contribution in [2.24, 2.45) is 0 Å². The number of hydrogen-bond acceptors (Lipinski definition) is 8. The van der Waals surface area contributed by atoms with Gasteiger partial charge in [0.25, 0.3) is 0 Å². The van der Waals surface area contributed by atoms with E-state index < -0.39 is 0 Å². The summed E-state index contributed by atoms with van der Waals surface area (Å²) in [5.74, 6) is 2.57. The first-order valence-electron chi connectivity index (χ1n) is 9.84. The first-order valence-corrected chi connectivity index (χ1v) is 10.7. The first kappa shape index (κ1) is 16.8. The van der Waals surface area contributed by atoms with Crippen molar-refractivity contribution in [3.8, 4) is 27.8 Å². The minimum absolute atomic E-state index is 0.167. The van der Waals surface area contributed by atoms with Gasteiger partial charge in [0.15, 0.2) is 17.5 Å². The van der Waals surface area contributed by atoms with Crippen molar-refractivity contribution in [1.82, 2.24) is 39.9 Å². The number of nitrogens with zero attached hydrogens (tertiary/aromatic N) is 8. The maximum atomic E-state index is 5.04. The molecule has 10 heteroatoms. The average Bonchev–Trinajstić information content (AvgIpc) is 3.46. The maximum absolute atomic E-state index is 5.04. The highest BCUT2D eigenvalue weighted by atomic mass is 32.1. The minimum Gasteiger partial charge on any atom is -0.342 e. The van der Waals surface area contributed by atoms with Gasteiger partial charge in [0.1, 0.15) is 22.7 Å². The third-order valence-electron chi connectivity index (χ3n) is 5.83. The van der Waals surface area contributed by atoms with E-state index in [1.165, 1.54) is 19.3 Å². The summed E-state index contributed by atoms with van der Waals surface area (Å²) in [6, 6.07) is 0.649. The van der Waals surface area contributed by atoms with Crippen molar-refractivity contribution in [3.05, 3.63) is 36.1 Å². The highest BCUT2D eigenvalue weighted by molar-refractivity contribution is 7.13. The quantitative estimate of drug-likeness (QED) is 0.555. The zero-order chi connectivity index (χ0) is 19.4. The number of anilines is 1. The third-order valence-corrected chi connectivity index (χ3v) is 6.61. The van der Waals surface area contributed by atoms with Crippen LogP contribution in [0.5, 0.6) is 0 Å². The molecule has 1 atom stereocenters. The van der Waals surface area contributed by atoms with Crippen LogP contribution in [0.2, 0.25) is 0 Å². The Hall–Kier alpha value is -3.14. The largest absolute Gasteiger partial charge is 0.342 e. The highest BCUT2D eigenvalue weighted by Crippen LogP contribution is 2.44. The summed E-state index contributed by atoms with van der Waals surface area (Å²) in [5.41, 5.74) is 2.58. The fourth-order valence-corrected chi connectivity index (χ4v) is 4.86. The monoisotopic (exact) mass is 405 g/mol. The number of aromatic nitrogens is 8. The fourth-order valence-electron chi connectivity index (χ4n) is 4.22. The number of fused-ring (bicyclic) bond motifs is 3. The Morgan fingerprint density at radius 1 is 1.28 bits per heavy atom. The summed E-state index contributed by atoms with van der Waals surface area (Å²) >= 11 is 1.55. The van der Waals surface area contributed by atoms with Gasteiger partial charge >= 0.3 is 0 Å². The van der Waals surface area contributed by atoms with Crippen molar-refractivity contribution < 1.29 is 0 Å². The molecule has 4 aromatic rings. The second kappa shape index (κ2) is 6.45. The van der Waals surface area contributed by atoms with E-state index in [2.05, 4.69) is 42.2 Å². The van der Waals surface area contributed by atoms with E-state index >= 15 is 0 Å². The molecule has 0 aromatic carbocycles. The van der Waals surface area contributed by atoms with Crippen LogP contribution in [-0.2, 0) is 0 Å². The lowest BCUT2D eigenvalue weighted by Gasteiger charge is -2.45. The molecule has 1 fully saturated rings. The van der Waals surface area contributed by atoms with Gasteiger partial charge in [0.05, 0.1) is 17.8 Å². The summed E-state index contributed by atoms with van der Waals surface area (Å²) in [6.07, 6.45) is 11.8. The van der Waals surface area contributed by atoms with Gasteiger partial charge in [-0.3, -0.25) is 9.67 Å². The molecule has 6 rings (SSSR count). The van der Waals surface area contributed by atoms with Crippen molar-refractivity contribution in [3.63, 3.8) is 0 Å². The SMILES string of the molecule is CC[C@@H]1c2nncn2-c2cnc(-c3c[nH]nc3-c3nccs3)nc2N1C1CCC1.